The summed E-state index contributed by atoms with van der Waals surface area (Å²) < 4.78 is 0. The minimum atomic E-state index is 0.638. The quantitative estimate of drug-likeness (QED) is 0.273. The van der Waals surface area contributed by atoms with Gasteiger partial charge in [0.1, 0.15) is 0 Å². The average molecular weight is 284 g/mol. The lowest BCUT2D eigenvalue weighted by molar-refractivity contribution is 0.452. The highest BCUT2D eigenvalue weighted by molar-refractivity contribution is 4.87. The van der Waals surface area contributed by atoms with E-state index in [0.29, 0.717) is 6.04 Å². The van der Waals surface area contributed by atoms with Crippen molar-refractivity contribution in [2.24, 2.45) is 5.73 Å². The van der Waals surface area contributed by atoms with Gasteiger partial charge in [-0.25, -0.2) is 0 Å². The highest BCUT2D eigenvalue weighted by Gasteiger charge is 2.04. The zero-order valence-corrected chi connectivity index (χ0v) is 13.6. The van der Waals surface area contributed by atoms with Crippen LogP contribution in [0.2, 0.25) is 0 Å². The average Bonchev–Trinajstić information content (AvgIpc) is 2.46. The minimum absolute atomic E-state index is 0.638. The van der Waals surface area contributed by atoms with Gasteiger partial charge in [-0.05, 0) is 51.9 Å². The number of nitrogens with two attached hydrogens (primary N) is 1. The summed E-state index contributed by atoms with van der Waals surface area (Å²) >= 11 is 0. The van der Waals surface area contributed by atoms with Crippen molar-refractivity contribution in [2.75, 3.05) is 39.3 Å². The van der Waals surface area contributed by atoms with E-state index in [1.165, 1.54) is 25.7 Å². The molecule has 0 aliphatic carbocycles. The molecular formula is C16H36N4. The van der Waals surface area contributed by atoms with Crippen LogP contribution in [-0.2, 0) is 0 Å². The minimum Gasteiger partial charge on any atom is -0.330 e. The maximum atomic E-state index is 5.44. The van der Waals surface area contributed by atoms with Crippen molar-refractivity contribution in [2.45, 2.75) is 52.0 Å². The maximum absolute atomic E-state index is 5.44. The fraction of sp³-hybridized carbons (Fsp3) is 0.875. The van der Waals surface area contributed by atoms with Crippen LogP contribution in [0.3, 0.4) is 0 Å². The van der Waals surface area contributed by atoms with E-state index in [0.717, 1.165) is 45.7 Å². The van der Waals surface area contributed by atoms with Crippen molar-refractivity contribution in [3.05, 3.63) is 12.2 Å². The Labute approximate surface area is 126 Å². The van der Waals surface area contributed by atoms with Gasteiger partial charge >= 0.3 is 0 Å². The molecule has 0 bridgehead atoms. The summed E-state index contributed by atoms with van der Waals surface area (Å²) in [5.41, 5.74) is 5.44. The molecule has 0 aromatic carbocycles. The Hall–Kier alpha value is -0.420. The van der Waals surface area contributed by atoms with Crippen LogP contribution in [0.15, 0.2) is 12.2 Å². The van der Waals surface area contributed by atoms with E-state index in [2.05, 4.69) is 41.9 Å². The molecule has 20 heavy (non-hydrogen) atoms. The Balaban J connectivity index is 3.55. The summed E-state index contributed by atoms with van der Waals surface area (Å²) in [5, 5.41) is 10.4. The van der Waals surface area contributed by atoms with E-state index in [1.807, 2.05) is 0 Å². The molecule has 4 nitrogen and oxygen atoms in total. The SMILES string of the molecule is CCCNCCC(CCC)NCC=CCNCCCN. The fourth-order valence-electron chi connectivity index (χ4n) is 2.09. The third-order valence-corrected chi connectivity index (χ3v) is 3.24. The van der Waals surface area contributed by atoms with Crippen LogP contribution in [0.4, 0.5) is 0 Å². The molecule has 0 aromatic rings. The van der Waals surface area contributed by atoms with Crippen molar-refractivity contribution in [1.82, 2.24) is 16.0 Å². The van der Waals surface area contributed by atoms with Gasteiger partial charge in [0.05, 0.1) is 0 Å². The second-order valence-electron chi connectivity index (χ2n) is 5.25. The molecule has 0 heterocycles. The molecule has 0 spiro atoms. The largest absolute Gasteiger partial charge is 0.330 e. The Morgan fingerprint density at radius 3 is 2.40 bits per heavy atom. The smallest absolute Gasteiger partial charge is 0.0137 e. The molecule has 0 aliphatic rings. The summed E-state index contributed by atoms with van der Waals surface area (Å²) in [6.07, 6.45) is 10.4. The first-order valence-electron chi connectivity index (χ1n) is 8.35. The molecule has 0 saturated carbocycles. The van der Waals surface area contributed by atoms with Crippen molar-refractivity contribution < 1.29 is 0 Å². The summed E-state index contributed by atoms with van der Waals surface area (Å²) in [4.78, 5) is 0. The maximum Gasteiger partial charge on any atom is 0.0137 e. The molecule has 5 N–H and O–H groups in total. The number of nitrogens with one attached hydrogen (secondary N) is 3. The van der Waals surface area contributed by atoms with Crippen LogP contribution >= 0.6 is 0 Å². The third kappa shape index (κ3) is 14.0. The van der Waals surface area contributed by atoms with E-state index in [9.17, 15) is 0 Å². The van der Waals surface area contributed by atoms with Crippen molar-refractivity contribution in [1.29, 1.82) is 0 Å². The van der Waals surface area contributed by atoms with Crippen LogP contribution < -0.4 is 21.7 Å². The van der Waals surface area contributed by atoms with Gasteiger partial charge in [0.2, 0.25) is 0 Å². The first-order valence-corrected chi connectivity index (χ1v) is 8.35. The van der Waals surface area contributed by atoms with Crippen LogP contribution in [0, 0.1) is 0 Å². The molecule has 4 heteroatoms. The Morgan fingerprint density at radius 1 is 0.900 bits per heavy atom. The van der Waals surface area contributed by atoms with Gasteiger partial charge in [-0.3, -0.25) is 0 Å². The molecule has 120 valence electrons. The predicted molar refractivity (Wildman–Crippen MR) is 90.2 cm³/mol. The zero-order chi connectivity index (χ0) is 14.9. The molecule has 0 aliphatic heterocycles. The van der Waals surface area contributed by atoms with E-state index in [4.69, 9.17) is 5.73 Å². The lowest BCUT2D eigenvalue weighted by Gasteiger charge is -2.17. The Bertz CT molecular complexity index is 207. The van der Waals surface area contributed by atoms with Gasteiger partial charge in [0, 0.05) is 19.1 Å². The molecule has 0 radical (unpaired) electrons. The molecule has 1 atom stereocenters. The van der Waals surface area contributed by atoms with Crippen LogP contribution in [0.5, 0.6) is 0 Å². The predicted octanol–water partition coefficient (Wildman–Crippen LogP) is 1.63. The monoisotopic (exact) mass is 284 g/mol. The van der Waals surface area contributed by atoms with Gasteiger partial charge in [0.25, 0.3) is 0 Å². The lowest BCUT2D eigenvalue weighted by Crippen LogP contribution is -2.32. The summed E-state index contributed by atoms with van der Waals surface area (Å²) in [5.74, 6) is 0. The zero-order valence-electron chi connectivity index (χ0n) is 13.6. The van der Waals surface area contributed by atoms with Crippen molar-refractivity contribution >= 4 is 0 Å². The van der Waals surface area contributed by atoms with Gasteiger partial charge < -0.3 is 21.7 Å². The van der Waals surface area contributed by atoms with Gasteiger partial charge in [-0.1, -0.05) is 32.4 Å². The van der Waals surface area contributed by atoms with E-state index in [1.54, 1.807) is 0 Å². The number of hydrogen-bond acceptors (Lipinski definition) is 4. The number of hydrogen-bond donors (Lipinski definition) is 4. The second kappa shape index (κ2) is 16.6. The highest BCUT2D eigenvalue weighted by Crippen LogP contribution is 2.00. The van der Waals surface area contributed by atoms with Crippen molar-refractivity contribution in [3.8, 4) is 0 Å². The van der Waals surface area contributed by atoms with Crippen LogP contribution in [0.1, 0.15) is 46.0 Å². The normalized spacial score (nSPS) is 13.2. The topological polar surface area (TPSA) is 62.1 Å². The molecule has 0 aromatic heterocycles. The van der Waals surface area contributed by atoms with Gasteiger partial charge in [-0.2, -0.15) is 0 Å². The highest BCUT2D eigenvalue weighted by atomic mass is 14.9. The van der Waals surface area contributed by atoms with E-state index < -0.39 is 0 Å². The van der Waals surface area contributed by atoms with Crippen LogP contribution in [0.25, 0.3) is 0 Å². The fourth-order valence-corrected chi connectivity index (χ4v) is 2.09. The second-order valence-corrected chi connectivity index (χ2v) is 5.25. The number of rotatable bonds is 15. The van der Waals surface area contributed by atoms with E-state index >= 15 is 0 Å². The first-order chi connectivity index (χ1) is 9.85. The Morgan fingerprint density at radius 2 is 1.70 bits per heavy atom. The molecule has 0 saturated heterocycles. The van der Waals surface area contributed by atoms with Gasteiger partial charge in [0.15, 0.2) is 0 Å². The molecule has 0 amide bonds. The molecule has 1 unspecified atom stereocenters. The first kappa shape index (κ1) is 19.6. The standard InChI is InChI=1S/C16H36N4/c1-3-8-16(9-15-18-11-4-2)20-14-6-5-12-19-13-7-10-17/h5-6,16,18-20H,3-4,7-15,17H2,1-2H3. The summed E-state index contributed by atoms with van der Waals surface area (Å²) in [7, 11) is 0. The molecule has 0 rings (SSSR count). The van der Waals surface area contributed by atoms with Crippen molar-refractivity contribution in [3.63, 3.8) is 0 Å². The third-order valence-electron chi connectivity index (χ3n) is 3.24. The molecular weight excluding hydrogens is 248 g/mol. The summed E-state index contributed by atoms with van der Waals surface area (Å²) in [6, 6.07) is 0.638. The van der Waals surface area contributed by atoms with Crippen LogP contribution in [-0.4, -0.2) is 45.3 Å². The van der Waals surface area contributed by atoms with Gasteiger partial charge in [-0.15, -0.1) is 0 Å². The lowest BCUT2D eigenvalue weighted by atomic mass is 10.1. The van der Waals surface area contributed by atoms with E-state index in [-0.39, 0.29) is 0 Å². The summed E-state index contributed by atoms with van der Waals surface area (Å²) in [6.45, 7) is 10.4. The Kier molecular flexibility index (Phi) is 16.3. The molecule has 0 fully saturated rings.